The van der Waals surface area contributed by atoms with E-state index in [-0.39, 0.29) is 24.2 Å². The number of aliphatic hydroxyl groups excluding tert-OH is 1. The highest BCUT2D eigenvalue weighted by Gasteiger charge is 2.65. The molecule has 25 heavy (non-hydrogen) atoms. The quantitative estimate of drug-likeness (QED) is 0.769. The van der Waals surface area contributed by atoms with Crippen LogP contribution in [0.15, 0.2) is 59.5 Å². The summed E-state index contributed by atoms with van der Waals surface area (Å²) in [6.45, 7) is 4.08. The Kier molecular flexibility index (Phi) is 4.97. The van der Waals surface area contributed by atoms with Crippen molar-refractivity contribution < 1.29 is 18.3 Å². The summed E-state index contributed by atoms with van der Waals surface area (Å²) in [7, 11) is -3.65. The highest BCUT2D eigenvalue weighted by Crippen LogP contribution is 2.45. The average Bonchev–Trinajstić information content (AvgIpc) is 3.22. The summed E-state index contributed by atoms with van der Waals surface area (Å²) >= 11 is 0. The Labute approximate surface area is 148 Å². The molecule has 134 valence electrons. The summed E-state index contributed by atoms with van der Waals surface area (Å²) in [6.07, 6.45) is 0. The van der Waals surface area contributed by atoms with E-state index in [1.54, 1.807) is 31.2 Å². The molecule has 2 aromatic carbocycles. The molecule has 3 atom stereocenters. The molecule has 0 bridgehead atoms. The van der Waals surface area contributed by atoms with Gasteiger partial charge in [-0.3, -0.25) is 0 Å². The van der Waals surface area contributed by atoms with Gasteiger partial charge in [0, 0.05) is 0 Å². The maximum atomic E-state index is 12.9. The van der Waals surface area contributed by atoms with Crippen LogP contribution in [0.25, 0.3) is 0 Å². The smallest absolute Gasteiger partial charge is 0.244 e. The molecule has 1 aliphatic rings. The third-order valence-electron chi connectivity index (χ3n) is 4.72. The SMILES string of the molecule is Cc1ccc(S(=O)(=O)N2C(COCc3ccccc3)C2(C)CO)cc1. The van der Waals surface area contributed by atoms with Crippen molar-refractivity contribution >= 4 is 10.0 Å². The lowest BCUT2D eigenvalue weighted by Gasteiger charge is -2.10. The van der Waals surface area contributed by atoms with Gasteiger partial charge in [-0.25, -0.2) is 8.42 Å². The van der Waals surface area contributed by atoms with E-state index in [4.69, 9.17) is 4.74 Å². The van der Waals surface area contributed by atoms with Crippen LogP contribution in [0.2, 0.25) is 0 Å². The number of hydrogen-bond donors (Lipinski definition) is 1. The molecular formula is C19H23NO4S. The van der Waals surface area contributed by atoms with Crippen LogP contribution in [-0.2, 0) is 21.4 Å². The van der Waals surface area contributed by atoms with E-state index < -0.39 is 15.6 Å². The van der Waals surface area contributed by atoms with Gasteiger partial charge >= 0.3 is 0 Å². The molecule has 5 nitrogen and oxygen atoms in total. The Balaban J connectivity index is 1.71. The Hall–Kier alpha value is -1.73. The Morgan fingerprint density at radius 2 is 1.76 bits per heavy atom. The highest BCUT2D eigenvalue weighted by molar-refractivity contribution is 7.89. The lowest BCUT2D eigenvalue weighted by Crippen LogP contribution is -2.24. The predicted molar refractivity (Wildman–Crippen MR) is 95.6 cm³/mol. The lowest BCUT2D eigenvalue weighted by molar-refractivity contribution is 0.114. The van der Waals surface area contributed by atoms with Crippen LogP contribution in [0.4, 0.5) is 0 Å². The number of hydrogen-bond acceptors (Lipinski definition) is 4. The second-order valence-corrected chi connectivity index (χ2v) is 8.46. The van der Waals surface area contributed by atoms with Crippen molar-refractivity contribution in [2.45, 2.75) is 36.9 Å². The molecule has 0 spiro atoms. The highest BCUT2D eigenvalue weighted by atomic mass is 32.2. The van der Waals surface area contributed by atoms with Gasteiger partial charge in [-0.2, -0.15) is 4.31 Å². The van der Waals surface area contributed by atoms with Gasteiger partial charge in [0.1, 0.15) is 0 Å². The number of aryl methyl sites for hydroxylation is 1. The molecule has 1 fully saturated rings. The molecule has 0 amide bonds. The van der Waals surface area contributed by atoms with Gasteiger partial charge in [0.15, 0.2) is 0 Å². The van der Waals surface area contributed by atoms with Crippen molar-refractivity contribution in [3.63, 3.8) is 0 Å². The summed E-state index contributed by atoms with van der Waals surface area (Å²) in [6, 6.07) is 16.1. The van der Waals surface area contributed by atoms with Crippen LogP contribution in [0, 0.1) is 6.92 Å². The minimum atomic E-state index is -3.65. The molecule has 1 saturated heterocycles. The molecule has 0 saturated carbocycles. The minimum Gasteiger partial charge on any atom is -0.394 e. The normalized spacial score (nSPS) is 25.7. The number of benzene rings is 2. The van der Waals surface area contributed by atoms with E-state index in [1.165, 1.54) is 4.31 Å². The fraction of sp³-hybridized carbons (Fsp3) is 0.368. The molecule has 6 heteroatoms. The molecule has 1 aliphatic heterocycles. The second kappa shape index (κ2) is 6.88. The molecule has 2 aromatic rings. The van der Waals surface area contributed by atoms with Crippen molar-refractivity contribution in [3.8, 4) is 0 Å². The van der Waals surface area contributed by atoms with Crippen molar-refractivity contribution in [3.05, 3.63) is 65.7 Å². The zero-order chi connectivity index (χ0) is 18.1. The summed E-state index contributed by atoms with van der Waals surface area (Å²) in [5.74, 6) is 0. The largest absolute Gasteiger partial charge is 0.394 e. The van der Waals surface area contributed by atoms with Crippen molar-refractivity contribution in [2.24, 2.45) is 0 Å². The first-order valence-electron chi connectivity index (χ1n) is 8.23. The lowest BCUT2D eigenvalue weighted by atomic mass is 10.1. The van der Waals surface area contributed by atoms with Gasteiger partial charge in [0.2, 0.25) is 10.0 Å². The molecule has 3 rings (SSSR count). The molecule has 3 unspecified atom stereocenters. The van der Waals surface area contributed by atoms with E-state index in [9.17, 15) is 13.5 Å². The van der Waals surface area contributed by atoms with Gasteiger partial charge in [0.25, 0.3) is 0 Å². The maximum Gasteiger partial charge on any atom is 0.244 e. The first kappa shape index (κ1) is 18.1. The molecular weight excluding hydrogens is 338 g/mol. The molecule has 1 N–H and O–H groups in total. The minimum absolute atomic E-state index is 0.239. The first-order chi connectivity index (χ1) is 11.9. The van der Waals surface area contributed by atoms with Crippen molar-refractivity contribution in [1.82, 2.24) is 4.31 Å². The number of rotatable bonds is 7. The van der Waals surface area contributed by atoms with E-state index in [0.29, 0.717) is 6.61 Å². The maximum absolute atomic E-state index is 12.9. The average molecular weight is 361 g/mol. The van der Waals surface area contributed by atoms with E-state index in [2.05, 4.69) is 0 Å². The molecule has 0 radical (unpaired) electrons. The standard InChI is InChI=1S/C19H23NO4S/c1-15-8-10-17(11-9-15)25(22,23)20-18(19(20,2)14-21)13-24-12-16-6-4-3-5-7-16/h3-11,18,21H,12-14H2,1-2H3. The fourth-order valence-corrected chi connectivity index (χ4v) is 5.03. The summed E-state index contributed by atoms with van der Waals surface area (Å²) in [5.41, 5.74) is 1.21. The number of aliphatic hydroxyl groups is 1. The predicted octanol–water partition coefficient (Wildman–Crippen LogP) is 2.34. The topological polar surface area (TPSA) is 66.6 Å². The van der Waals surface area contributed by atoms with Crippen molar-refractivity contribution in [2.75, 3.05) is 13.2 Å². The molecule has 0 aromatic heterocycles. The van der Waals surface area contributed by atoms with Gasteiger partial charge in [-0.05, 0) is 31.5 Å². The Morgan fingerprint density at radius 3 is 2.36 bits per heavy atom. The van der Waals surface area contributed by atoms with Gasteiger partial charge in [-0.1, -0.05) is 48.0 Å². The van der Waals surface area contributed by atoms with Crippen LogP contribution >= 0.6 is 0 Å². The molecule has 0 aliphatic carbocycles. The summed E-state index contributed by atoms with van der Waals surface area (Å²) in [5, 5.41) is 9.72. The number of ether oxygens (including phenoxy) is 1. The van der Waals surface area contributed by atoms with Crippen LogP contribution < -0.4 is 0 Å². The number of sulfonamides is 1. The molecule has 1 heterocycles. The van der Waals surface area contributed by atoms with Crippen LogP contribution in [0.1, 0.15) is 18.1 Å². The first-order valence-corrected chi connectivity index (χ1v) is 9.67. The van der Waals surface area contributed by atoms with Crippen LogP contribution in [0.5, 0.6) is 0 Å². The fourth-order valence-electron chi connectivity index (χ4n) is 3.02. The zero-order valence-electron chi connectivity index (χ0n) is 14.4. The summed E-state index contributed by atoms with van der Waals surface area (Å²) in [4.78, 5) is 0.239. The monoisotopic (exact) mass is 361 g/mol. The van der Waals surface area contributed by atoms with Crippen LogP contribution in [-0.4, -0.2) is 42.6 Å². The van der Waals surface area contributed by atoms with Crippen LogP contribution in [0.3, 0.4) is 0 Å². The van der Waals surface area contributed by atoms with E-state index in [1.807, 2.05) is 37.3 Å². The Morgan fingerprint density at radius 1 is 1.12 bits per heavy atom. The van der Waals surface area contributed by atoms with Crippen molar-refractivity contribution in [1.29, 1.82) is 0 Å². The Bertz CT molecular complexity index is 820. The third kappa shape index (κ3) is 3.48. The number of nitrogens with zero attached hydrogens (tertiary/aromatic N) is 1. The van der Waals surface area contributed by atoms with Gasteiger partial charge in [-0.15, -0.1) is 0 Å². The van der Waals surface area contributed by atoms with Gasteiger partial charge < -0.3 is 9.84 Å². The zero-order valence-corrected chi connectivity index (χ0v) is 15.2. The second-order valence-electron chi connectivity index (χ2n) is 6.65. The van der Waals surface area contributed by atoms with E-state index >= 15 is 0 Å². The van der Waals surface area contributed by atoms with Gasteiger partial charge in [0.05, 0.1) is 36.3 Å². The summed E-state index contributed by atoms with van der Waals surface area (Å²) < 4.78 is 32.8. The van der Waals surface area contributed by atoms with E-state index in [0.717, 1.165) is 11.1 Å². The third-order valence-corrected chi connectivity index (χ3v) is 6.78.